The van der Waals surface area contributed by atoms with Crippen molar-refractivity contribution in [3.8, 4) is 0 Å². The number of carboxylic acids is 1. The minimum absolute atomic E-state index is 0.125. The van der Waals surface area contributed by atoms with Crippen LogP contribution in [0.1, 0.15) is 0 Å². The molecule has 0 radical (unpaired) electrons. The Morgan fingerprint density at radius 1 is 0.941 bits per heavy atom. The first-order chi connectivity index (χ1) is 7.99. The van der Waals surface area contributed by atoms with Gasteiger partial charge in [-0.05, 0) is 6.08 Å². The van der Waals surface area contributed by atoms with Gasteiger partial charge >= 0.3 is 5.97 Å². The number of carboxylic acid groups (broad SMARTS) is 1. The molecule has 1 unspecified atom stereocenters. The van der Waals surface area contributed by atoms with E-state index in [0.29, 0.717) is 0 Å². The molecule has 0 saturated heterocycles. The molecule has 0 aromatic heterocycles. The van der Waals surface area contributed by atoms with E-state index in [0.717, 1.165) is 12.2 Å². The molecule has 17 heavy (non-hydrogen) atoms. The summed E-state index contributed by atoms with van der Waals surface area (Å²) in [6.07, 6.45) is 0.713. The van der Waals surface area contributed by atoms with Crippen LogP contribution in [-0.4, -0.2) is 80.9 Å². The van der Waals surface area contributed by atoms with Crippen LogP contribution in [0.3, 0.4) is 0 Å². The van der Waals surface area contributed by atoms with Gasteiger partial charge in [-0.3, -0.25) is 0 Å². The third kappa shape index (κ3) is 39.6. The highest BCUT2D eigenvalue weighted by molar-refractivity contribution is 5.79. The molecule has 0 rings (SSSR count). The average Bonchev–Trinajstić information content (AvgIpc) is 2.36. The summed E-state index contributed by atoms with van der Waals surface area (Å²) in [5, 5.41) is 55.1. The Balaban J connectivity index is -0.000000205. The number of hydrogen-bond acceptors (Lipinski definition) is 7. The Morgan fingerprint density at radius 3 is 1.47 bits per heavy atom. The van der Waals surface area contributed by atoms with Crippen LogP contribution < -0.4 is 0 Å². The Labute approximate surface area is 98.7 Å². The SMILES string of the molecule is O=C(O)C=CC(O)CO.OCCO.OCCO. The van der Waals surface area contributed by atoms with Crippen molar-refractivity contribution in [1.29, 1.82) is 0 Å². The summed E-state index contributed by atoms with van der Waals surface area (Å²) in [5.41, 5.74) is 0. The fraction of sp³-hybridized carbons (Fsp3) is 0.667. The maximum absolute atomic E-state index is 9.74. The molecule has 1 atom stereocenters. The van der Waals surface area contributed by atoms with Gasteiger partial charge in [-0.25, -0.2) is 4.79 Å². The molecule has 0 fully saturated rings. The maximum atomic E-state index is 9.74. The monoisotopic (exact) mass is 256 g/mol. The van der Waals surface area contributed by atoms with Gasteiger partial charge < -0.3 is 35.7 Å². The zero-order chi connectivity index (χ0) is 14.1. The maximum Gasteiger partial charge on any atom is 0.328 e. The topological polar surface area (TPSA) is 159 Å². The molecule has 0 saturated carbocycles. The molecule has 0 aliphatic carbocycles. The summed E-state index contributed by atoms with van der Waals surface area (Å²) in [6, 6.07) is 0. The van der Waals surface area contributed by atoms with Crippen molar-refractivity contribution in [2.45, 2.75) is 6.10 Å². The van der Waals surface area contributed by atoms with Gasteiger partial charge in [-0.15, -0.1) is 0 Å². The van der Waals surface area contributed by atoms with Gasteiger partial charge in [-0.2, -0.15) is 0 Å². The fourth-order valence-electron chi connectivity index (χ4n) is 0.254. The molecule has 0 aromatic carbocycles. The molecular formula is C9H20O8. The normalized spacial score (nSPS) is 10.9. The smallest absolute Gasteiger partial charge is 0.328 e. The Hall–Kier alpha value is -1.03. The third-order valence-corrected chi connectivity index (χ3v) is 0.848. The van der Waals surface area contributed by atoms with Gasteiger partial charge in [-0.1, -0.05) is 0 Å². The van der Waals surface area contributed by atoms with Crippen LogP contribution in [0.5, 0.6) is 0 Å². The molecule has 0 amide bonds. The summed E-state index contributed by atoms with van der Waals surface area (Å²) in [6.45, 7) is -0.955. The lowest BCUT2D eigenvalue weighted by atomic mass is 10.3. The Kier molecular flexibility index (Phi) is 25.5. The largest absolute Gasteiger partial charge is 0.478 e. The molecule has 0 spiro atoms. The summed E-state index contributed by atoms with van der Waals surface area (Å²) in [7, 11) is 0. The minimum atomic E-state index is -1.14. The number of aliphatic carboxylic acids is 1. The van der Waals surface area contributed by atoms with E-state index in [9.17, 15) is 4.79 Å². The van der Waals surface area contributed by atoms with Crippen molar-refractivity contribution in [2.75, 3.05) is 33.0 Å². The van der Waals surface area contributed by atoms with E-state index in [1.165, 1.54) is 0 Å². The quantitative estimate of drug-likeness (QED) is 0.255. The van der Waals surface area contributed by atoms with Gasteiger partial charge in [0.05, 0.1) is 39.1 Å². The Bertz CT molecular complexity index is 162. The van der Waals surface area contributed by atoms with Crippen LogP contribution in [-0.2, 0) is 4.79 Å². The number of rotatable bonds is 5. The van der Waals surface area contributed by atoms with Crippen molar-refractivity contribution in [3.05, 3.63) is 12.2 Å². The summed E-state index contributed by atoms with van der Waals surface area (Å²) < 4.78 is 0. The van der Waals surface area contributed by atoms with Crippen molar-refractivity contribution < 1.29 is 40.5 Å². The van der Waals surface area contributed by atoms with Crippen LogP contribution in [0.4, 0.5) is 0 Å². The first-order valence-electron chi connectivity index (χ1n) is 4.63. The summed E-state index contributed by atoms with van der Waals surface area (Å²) in [5.74, 6) is -1.14. The summed E-state index contributed by atoms with van der Waals surface area (Å²) >= 11 is 0. The molecule has 8 nitrogen and oxygen atoms in total. The molecule has 104 valence electrons. The fourth-order valence-corrected chi connectivity index (χ4v) is 0.254. The highest BCUT2D eigenvalue weighted by atomic mass is 16.4. The van der Waals surface area contributed by atoms with Crippen LogP contribution >= 0.6 is 0 Å². The highest BCUT2D eigenvalue weighted by Gasteiger charge is 1.94. The number of carbonyl (C=O) groups is 1. The van der Waals surface area contributed by atoms with Gasteiger partial charge in [0, 0.05) is 6.08 Å². The van der Waals surface area contributed by atoms with Crippen molar-refractivity contribution >= 4 is 5.97 Å². The second kappa shape index (κ2) is 20.4. The lowest BCUT2D eigenvalue weighted by Gasteiger charge is -1.95. The second-order valence-electron chi connectivity index (χ2n) is 2.34. The van der Waals surface area contributed by atoms with Crippen LogP contribution in [0.2, 0.25) is 0 Å². The van der Waals surface area contributed by atoms with E-state index in [1.807, 2.05) is 0 Å². The molecular weight excluding hydrogens is 236 g/mol. The lowest BCUT2D eigenvalue weighted by Crippen LogP contribution is -2.08. The molecule has 8 heteroatoms. The number of aliphatic hydroxyl groups excluding tert-OH is 6. The number of hydrogen-bond donors (Lipinski definition) is 7. The molecule has 0 aromatic rings. The molecule has 0 aliphatic heterocycles. The van der Waals surface area contributed by atoms with Crippen LogP contribution in [0.15, 0.2) is 12.2 Å². The standard InChI is InChI=1S/C5H8O4.2C2H6O2/c6-3-4(7)1-2-5(8)9;2*3-1-2-4/h1-2,4,6-7H,3H2,(H,8,9);2*3-4H,1-2H2. The van der Waals surface area contributed by atoms with Gasteiger partial charge in [0.2, 0.25) is 0 Å². The summed E-state index contributed by atoms with van der Waals surface area (Å²) in [4.78, 5) is 9.74. The van der Waals surface area contributed by atoms with Crippen molar-refractivity contribution in [3.63, 3.8) is 0 Å². The molecule has 0 heterocycles. The van der Waals surface area contributed by atoms with E-state index >= 15 is 0 Å². The minimum Gasteiger partial charge on any atom is -0.478 e. The Morgan fingerprint density at radius 2 is 1.29 bits per heavy atom. The van der Waals surface area contributed by atoms with Crippen LogP contribution in [0, 0.1) is 0 Å². The zero-order valence-electron chi connectivity index (χ0n) is 9.31. The van der Waals surface area contributed by atoms with E-state index < -0.39 is 18.7 Å². The highest BCUT2D eigenvalue weighted by Crippen LogP contribution is 1.82. The average molecular weight is 256 g/mol. The molecule has 7 N–H and O–H groups in total. The van der Waals surface area contributed by atoms with Crippen LogP contribution in [0.25, 0.3) is 0 Å². The van der Waals surface area contributed by atoms with Gasteiger partial charge in [0.15, 0.2) is 0 Å². The third-order valence-electron chi connectivity index (χ3n) is 0.848. The molecule has 0 bridgehead atoms. The first kappa shape index (κ1) is 21.3. The van der Waals surface area contributed by atoms with E-state index in [-0.39, 0.29) is 26.4 Å². The van der Waals surface area contributed by atoms with Gasteiger partial charge in [0.1, 0.15) is 0 Å². The predicted octanol–water partition coefficient (Wildman–Crippen LogP) is -3.08. The second-order valence-corrected chi connectivity index (χ2v) is 2.34. The lowest BCUT2D eigenvalue weighted by molar-refractivity contribution is -0.131. The van der Waals surface area contributed by atoms with Gasteiger partial charge in [0.25, 0.3) is 0 Å². The van der Waals surface area contributed by atoms with E-state index in [4.69, 9.17) is 35.7 Å². The predicted molar refractivity (Wildman–Crippen MR) is 58.2 cm³/mol. The van der Waals surface area contributed by atoms with E-state index in [2.05, 4.69) is 0 Å². The number of aliphatic hydroxyl groups is 6. The molecule has 0 aliphatic rings. The van der Waals surface area contributed by atoms with E-state index in [1.54, 1.807) is 0 Å². The first-order valence-corrected chi connectivity index (χ1v) is 4.63. The van der Waals surface area contributed by atoms with Crippen molar-refractivity contribution in [2.24, 2.45) is 0 Å². The van der Waals surface area contributed by atoms with Crippen molar-refractivity contribution in [1.82, 2.24) is 0 Å². The zero-order valence-corrected chi connectivity index (χ0v) is 9.31.